The van der Waals surface area contributed by atoms with Crippen LogP contribution in [0, 0.1) is 11.6 Å². The molecule has 4 rings (SSSR count). The minimum Gasteiger partial charge on any atom is -0.489 e. The monoisotopic (exact) mass is 426 g/mol. The Balaban J connectivity index is 1.33. The van der Waals surface area contributed by atoms with Crippen molar-refractivity contribution >= 4 is 23.2 Å². The molecule has 0 saturated heterocycles. The van der Waals surface area contributed by atoms with E-state index >= 15 is 0 Å². The zero-order valence-corrected chi connectivity index (χ0v) is 16.4. The molecule has 1 amide bonds. The van der Waals surface area contributed by atoms with Crippen LogP contribution in [0.1, 0.15) is 20.8 Å². The van der Waals surface area contributed by atoms with Crippen LogP contribution < -0.4 is 10.1 Å². The maximum Gasteiger partial charge on any atom is 0.268 e. The number of anilines is 1. The van der Waals surface area contributed by atoms with Gasteiger partial charge in [0.2, 0.25) is 5.95 Å². The number of hydrogen-bond donors (Lipinski definition) is 1. The molecule has 9 heteroatoms. The van der Waals surface area contributed by atoms with Gasteiger partial charge in [-0.05, 0) is 41.3 Å². The SMILES string of the molecule is O=C(Nc1ncn(Cc2ccc(F)cc2)n1)c1cc(COc2cccc(F)c2)cs1. The molecule has 2 aromatic carbocycles. The molecule has 0 aliphatic rings. The second-order valence-corrected chi connectivity index (χ2v) is 7.32. The topological polar surface area (TPSA) is 69.0 Å². The van der Waals surface area contributed by atoms with Gasteiger partial charge in [0.15, 0.2) is 0 Å². The third-order valence-corrected chi connectivity index (χ3v) is 5.08. The van der Waals surface area contributed by atoms with E-state index < -0.39 is 0 Å². The summed E-state index contributed by atoms with van der Waals surface area (Å²) in [5.74, 6) is -0.418. The standard InChI is InChI=1S/C21H16F2N4O2S/c22-16-6-4-14(5-7-16)10-27-13-24-21(26-27)25-20(28)19-8-15(12-30-19)11-29-18-3-1-2-17(23)9-18/h1-9,12-13H,10-11H2,(H,25,26,28). The van der Waals surface area contributed by atoms with Gasteiger partial charge in [0.05, 0.1) is 11.4 Å². The van der Waals surface area contributed by atoms with Crippen LogP contribution in [-0.2, 0) is 13.2 Å². The summed E-state index contributed by atoms with van der Waals surface area (Å²) in [5.41, 5.74) is 1.66. The maximum absolute atomic E-state index is 13.2. The summed E-state index contributed by atoms with van der Waals surface area (Å²) in [6, 6.07) is 13.7. The van der Waals surface area contributed by atoms with Crippen LogP contribution in [0.2, 0.25) is 0 Å². The third-order valence-electron chi connectivity index (χ3n) is 4.10. The molecule has 0 aliphatic heterocycles. The Bertz CT molecular complexity index is 1160. The highest BCUT2D eigenvalue weighted by Gasteiger charge is 2.12. The minimum absolute atomic E-state index is 0.174. The van der Waals surface area contributed by atoms with Crippen molar-refractivity contribution in [3.8, 4) is 5.75 Å². The summed E-state index contributed by atoms with van der Waals surface area (Å²) in [4.78, 5) is 17.0. The highest BCUT2D eigenvalue weighted by Crippen LogP contribution is 2.19. The van der Waals surface area contributed by atoms with E-state index in [4.69, 9.17) is 4.74 Å². The van der Waals surface area contributed by atoms with E-state index in [1.165, 1.54) is 41.9 Å². The Hall–Kier alpha value is -3.59. The lowest BCUT2D eigenvalue weighted by atomic mass is 10.2. The van der Waals surface area contributed by atoms with Crippen LogP contribution in [0.5, 0.6) is 5.75 Å². The minimum atomic E-state index is -0.371. The van der Waals surface area contributed by atoms with Gasteiger partial charge >= 0.3 is 0 Å². The molecule has 6 nitrogen and oxygen atoms in total. The normalized spacial score (nSPS) is 10.7. The second kappa shape index (κ2) is 8.83. The third kappa shape index (κ3) is 5.06. The molecule has 0 spiro atoms. The zero-order chi connectivity index (χ0) is 20.9. The zero-order valence-electron chi connectivity index (χ0n) is 15.6. The van der Waals surface area contributed by atoms with E-state index in [1.54, 1.807) is 40.4 Å². The summed E-state index contributed by atoms with van der Waals surface area (Å²) in [5, 5.41) is 8.66. The molecular weight excluding hydrogens is 410 g/mol. The van der Waals surface area contributed by atoms with Crippen molar-refractivity contribution in [2.75, 3.05) is 5.32 Å². The van der Waals surface area contributed by atoms with Crippen molar-refractivity contribution in [2.24, 2.45) is 0 Å². The average molecular weight is 426 g/mol. The van der Waals surface area contributed by atoms with Gasteiger partial charge in [0, 0.05) is 11.6 Å². The molecule has 2 aromatic heterocycles. The quantitative estimate of drug-likeness (QED) is 0.473. The summed E-state index contributed by atoms with van der Waals surface area (Å²) in [6.45, 7) is 0.626. The summed E-state index contributed by atoms with van der Waals surface area (Å²) >= 11 is 1.26. The number of carbonyl (C=O) groups excluding carboxylic acids is 1. The Labute approximate surface area is 174 Å². The fourth-order valence-electron chi connectivity index (χ4n) is 2.66. The lowest BCUT2D eigenvalue weighted by Crippen LogP contribution is -2.12. The molecule has 4 aromatic rings. The van der Waals surface area contributed by atoms with E-state index in [0.717, 1.165) is 11.1 Å². The fraction of sp³-hybridized carbons (Fsp3) is 0.0952. The number of amides is 1. The summed E-state index contributed by atoms with van der Waals surface area (Å²) in [6.07, 6.45) is 1.49. The molecule has 0 bridgehead atoms. The molecule has 2 heterocycles. The number of halogens is 2. The number of aromatic nitrogens is 3. The Morgan fingerprint density at radius 2 is 1.90 bits per heavy atom. The average Bonchev–Trinajstić information content (AvgIpc) is 3.38. The molecule has 30 heavy (non-hydrogen) atoms. The van der Waals surface area contributed by atoms with Gasteiger partial charge in [0.25, 0.3) is 5.91 Å². The van der Waals surface area contributed by atoms with Crippen molar-refractivity contribution in [3.63, 3.8) is 0 Å². The van der Waals surface area contributed by atoms with Crippen molar-refractivity contribution in [2.45, 2.75) is 13.2 Å². The number of nitrogens with zero attached hydrogens (tertiary/aromatic N) is 3. The van der Waals surface area contributed by atoms with Crippen LogP contribution in [0.25, 0.3) is 0 Å². The molecule has 0 fully saturated rings. The Kier molecular flexibility index (Phi) is 5.80. The Morgan fingerprint density at radius 1 is 1.07 bits per heavy atom. The van der Waals surface area contributed by atoms with Gasteiger partial charge in [-0.25, -0.2) is 18.4 Å². The maximum atomic E-state index is 13.2. The van der Waals surface area contributed by atoms with Gasteiger partial charge in [0.1, 0.15) is 30.3 Å². The number of carbonyl (C=O) groups is 1. The first-order valence-corrected chi connectivity index (χ1v) is 9.84. The lowest BCUT2D eigenvalue weighted by molar-refractivity contribution is 0.102. The lowest BCUT2D eigenvalue weighted by Gasteiger charge is -2.04. The molecule has 0 aliphatic carbocycles. The molecular formula is C21H16F2N4O2S. The molecule has 0 unspecified atom stereocenters. The van der Waals surface area contributed by atoms with Crippen molar-refractivity contribution < 1.29 is 18.3 Å². The largest absolute Gasteiger partial charge is 0.489 e. The number of ether oxygens (including phenoxy) is 1. The highest BCUT2D eigenvalue weighted by molar-refractivity contribution is 7.12. The van der Waals surface area contributed by atoms with Crippen LogP contribution >= 0.6 is 11.3 Å². The number of thiophene rings is 1. The van der Waals surface area contributed by atoms with Crippen LogP contribution in [0.3, 0.4) is 0 Å². The first kappa shape index (κ1) is 19.7. The van der Waals surface area contributed by atoms with E-state index in [2.05, 4.69) is 15.4 Å². The van der Waals surface area contributed by atoms with Gasteiger partial charge in [-0.1, -0.05) is 18.2 Å². The van der Waals surface area contributed by atoms with Gasteiger partial charge in [-0.3, -0.25) is 10.1 Å². The predicted octanol–water partition coefficient (Wildman–Crippen LogP) is 4.50. The number of rotatable bonds is 7. The molecule has 0 atom stereocenters. The molecule has 152 valence electrons. The van der Waals surface area contributed by atoms with Crippen molar-refractivity contribution in [1.29, 1.82) is 0 Å². The van der Waals surface area contributed by atoms with Gasteiger partial charge in [-0.15, -0.1) is 16.4 Å². The van der Waals surface area contributed by atoms with E-state index in [1.807, 2.05) is 0 Å². The van der Waals surface area contributed by atoms with E-state index in [-0.39, 0.29) is 30.1 Å². The summed E-state index contributed by atoms with van der Waals surface area (Å²) in [7, 11) is 0. The smallest absolute Gasteiger partial charge is 0.268 e. The highest BCUT2D eigenvalue weighted by atomic mass is 32.1. The van der Waals surface area contributed by atoms with Crippen LogP contribution in [0.15, 0.2) is 66.3 Å². The second-order valence-electron chi connectivity index (χ2n) is 6.41. The molecule has 0 radical (unpaired) electrons. The van der Waals surface area contributed by atoms with Crippen molar-refractivity contribution in [3.05, 3.63) is 93.9 Å². The van der Waals surface area contributed by atoms with Crippen LogP contribution in [-0.4, -0.2) is 20.7 Å². The Morgan fingerprint density at radius 3 is 2.70 bits per heavy atom. The van der Waals surface area contributed by atoms with E-state index in [9.17, 15) is 13.6 Å². The van der Waals surface area contributed by atoms with Gasteiger partial charge < -0.3 is 4.74 Å². The predicted molar refractivity (Wildman–Crippen MR) is 109 cm³/mol. The summed E-state index contributed by atoms with van der Waals surface area (Å²) < 4.78 is 33.3. The first-order valence-electron chi connectivity index (χ1n) is 8.96. The van der Waals surface area contributed by atoms with Crippen molar-refractivity contribution in [1.82, 2.24) is 14.8 Å². The molecule has 0 saturated carbocycles. The first-order chi connectivity index (χ1) is 14.5. The number of hydrogen-bond acceptors (Lipinski definition) is 5. The number of nitrogens with one attached hydrogen (secondary N) is 1. The van der Waals surface area contributed by atoms with E-state index in [0.29, 0.717) is 17.2 Å². The molecule has 1 N–H and O–H groups in total. The van der Waals surface area contributed by atoms with Crippen LogP contribution in [0.4, 0.5) is 14.7 Å². The van der Waals surface area contributed by atoms with Gasteiger partial charge in [-0.2, -0.15) is 0 Å². The fourth-order valence-corrected chi connectivity index (χ4v) is 3.45. The number of benzene rings is 2.